The molecule has 2 N–H and O–H groups in total. The van der Waals surface area contributed by atoms with Crippen LogP contribution in [-0.2, 0) is 6.42 Å². The molecule has 106 valence electrons. The van der Waals surface area contributed by atoms with E-state index in [9.17, 15) is 0 Å². The van der Waals surface area contributed by atoms with Crippen LogP contribution in [0.3, 0.4) is 0 Å². The molecular weight excluding hydrogens is 254 g/mol. The molecule has 0 saturated heterocycles. The molecule has 1 aromatic heterocycles. The van der Waals surface area contributed by atoms with Crippen LogP contribution in [0.2, 0.25) is 0 Å². The van der Waals surface area contributed by atoms with Crippen LogP contribution in [0.15, 0.2) is 0 Å². The molecule has 1 saturated carbocycles. The lowest BCUT2D eigenvalue weighted by molar-refractivity contribution is 0.282. The molecular formula is C15H25N3S. The summed E-state index contributed by atoms with van der Waals surface area (Å²) >= 11 is 1.82. The summed E-state index contributed by atoms with van der Waals surface area (Å²) in [5.74, 6) is 0.871. The van der Waals surface area contributed by atoms with E-state index in [-0.39, 0.29) is 6.04 Å². The van der Waals surface area contributed by atoms with Gasteiger partial charge in [0, 0.05) is 24.0 Å². The van der Waals surface area contributed by atoms with Gasteiger partial charge in [0.25, 0.3) is 0 Å². The van der Waals surface area contributed by atoms with E-state index < -0.39 is 0 Å². The Hall–Kier alpha value is -0.610. The Labute approximate surface area is 120 Å². The fourth-order valence-electron chi connectivity index (χ4n) is 3.20. The van der Waals surface area contributed by atoms with Crippen LogP contribution < -0.4 is 10.6 Å². The topological polar surface area (TPSA) is 42.2 Å². The van der Waals surface area contributed by atoms with Crippen molar-refractivity contribution in [2.45, 2.75) is 58.5 Å². The second-order valence-corrected chi connectivity index (χ2v) is 8.16. The molecule has 0 aromatic carbocycles. The molecule has 0 amide bonds. The highest BCUT2D eigenvalue weighted by Gasteiger charge is 2.36. The number of hydrogen-bond donors (Lipinski definition) is 1. The third kappa shape index (κ3) is 2.52. The van der Waals surface area contributed by atoms with E-state index in [0.29, 0.717) is 11.5 Å². The number of nitrogens with two attached hydrogens (primary N) is 1. The average Bonchev–Trinajstić information content (AvgIpc) is 3.07. The molecule has 2 aliphatic rings. The zero-order chi connectivity index (χ0) is 13.8. The van der Waals surface area contributed by atoms with Crippen LogP contribution in [0.25, 0.3) is 0 Å². The minimum atomic E-state index is 0.176. The molecule has 3 rings (SSSR count). The van der Waals surface area contributed by atoms with Crippen molar-refractivity contribution in [1.82, 2.24) is 4.98 Å². The maximum atomic E-state index is 6.34. The molecule has 0 radical (unpaired) electrons. The van der Waals surface area contributed by atoms with E-state index >= 15 is 0 Å². The van der Waals surface area contributed by atoms with Gasteiger partial charge in [0.05, 0.1) is 5.69 Å². The fourth-order valence-corrected chi connectivity index (χ4v) is 4.33. The van der Waals surface area contributed by atoms with Gasteiger partial charge >= 0.3 is 0 Å². The summed E-state index contributed by atoms with van der Waals surface area (Å²) in [5, 5.41) is 1.16. The van der Waals surface area contributed by atoms with E-state index in [1.807, 2.05) is 11.3 Å². The van der Waals surface area contributed by atoms with Crippen molar-refractivity contribution in [3.63, 3.8) is 0 Å². The van der Waals surface area contributed by atoms with Crippen molar-refractivity contribution in [2.24, 2.45) is 17.1 Å². The predicted molar refractivity (Wildman–Crippen MR) is 81.7 cm³/mol. The van der Waals surface area contributed by atoms with Crippen LogP contribution in [0, 0.1) is 11.3 Å². The molecule has 1 fully saturated rings. The SMILES string of the molecule is CC(C1CC1)N(C)c1nc2c(s1)C(N)CC(C)(C)C2. The number of anilines is 1. The number of nitrogens with zero attached hydrogens (tertiary/aromatic N) is 2. The van der Waals surface area contributed by atoms with Gasteiger partial charge in [-0.2, -0.15) is 0 Å². The van der Waals surface area contributed by atoms with Crippen molar-refractivity contribution in [3.05, 3.63) is 10.6 Å². The quantitative estimate of drug-likeness (QED) is 0.922. The summed E-state index contributed by atoms with van der Waals surface area (Å²) < 4.78 is 0. The average molecular weight is 279 g/mol. The molecule has 4 heteroatoms. The van der Waals surface area contributed by atoms with Gasteiger partial charge in [-0.1, -0.05) is 25.2 Å². The van der Waals surface area contributed by atoms with Crippen LogP contribution in [0.5, 0.6) is 0 Å². The molecule has 0 spiro atoms. The first-order valence-electron chi connectivity index (χ1n) is 7.35. The summed E-state index contributed by atoms with van der Waals surface area (Å²) in [7, 11) is 2.18. The molecule has 0 aliphatic heterocycles. The summed E-state index contributed by atoms with van der Waals surface area (Å²) in [6, 6.07) is 0.784. The zero-order valence-electron chi connectivity index (χ0n) is 12.4. The summed E-state index contributed by atoms with van der Waals surface area (Å²) in [6.07, 6.45) is 4.90. The number of aromatic nitrogens is 1. The summed E-state index contributed by atoms with van der Waals surface area (Å²) in [5.41, 5.74) is 7.87. The molecule has 2 unspecified atom stereocenters. The molecule has 19 heavy (non-hydrogen) atoms. The highest BCUT2D eigenvalue weighted by molar-refractivity contribution is 7.15. The molecule has 1 heterocycles. The smallest absolute Gasteiger partial charge is 0.185 e. The standard InChI is InChI=1S/C15H25N3S/c1-9(10-5-6-10)18(4)14-17-12-8-15(2,3)7-11(16)13(12)19-14/h9-11H,5-8,16H2,1-4H3. The fraction of sp³-hybridized carbons (Fsp3) is 0.800. The number of hydrogen-bond acceptors (Lipinski definition) is 4. The second-order valence-electron chi connectivity index (χ2n) is 7.15. The Morgan fingerprint density at radius 2 is 2.11 bits per heavy atom. The van der Waals surface area contributed by atoms with Gasteiger partial charge in [-0.25, -0.2) is 4.98 Å². The van der Waals surface area contributed by atoms with Crippen molar-refractivity contribution < 1.29 is 0 Å². The maximum Gasteiger partial charge on any atom is 0.185 e. The molecule has 2 atom stereocenters. The van der Waals surface area contributed by atoms with E-state index in [1.54, 1.807) is 0 Å². The van der Waals surface area contributed by atoms with E-state index in [2.05, 4.69) is 32.7 Å². The van der Waals surface area contributed by atoms with Gasteiger partial charge in [0.15, 0.2) is 5.13 Å². The zero-order valence-corrected chi connectivity index (χ0v) is 13.3. The maximum absolute atomic E-state index is 6.34. The van der Waals surface area contributed by atoms with Crippen LogP contribution in [0.4, 0.5) is 5.13 Å². The first-order chi connectivity index (χ1) is 8.87. The first kappa shape index (κ1) is 13.4. The van der Waals surface area contributed by atoms with Gasteiger partial charge in [0.2, 0.25) is 0 Å². The first-order valence-corrected chi connectivity index (χ1v) is 8.17. The third-order valence-corrected chi connectivity index (χ3v) is 6.01. The molecule has 3 nitrogen and oxygen atoms in total. The van der Waals surface area contributed by atoms with Gasteiger partial charge in [0.1, 0.15) is 0 Å². The van der Waals surface area contributed by atoms with E-state index in [1.165, 1.54) is 23.4 Å². The number of fused-ring (bicyclic) bond motifs is 1. The highest BCUT2D eigenvalue weighted by atomic mass is 32.1. The Morgan fingerprint density at radius 3 is 2.74 bits per heavy atom. The van der Waals surface area contributed by atoms with Gasteiger partial charge in [-0.15, -0.1) is 0 Å². The second kappa shape index (κ2) is 4.45. The van der Waals surface area contributed by atoms with Gasteiger partial charge in [-0.3, -0.25) is 0 Å². The van der Waals surface area contributed by atoms with E-state index in [0.717, 1.165) is 23.9 Å². The molecule has 0 bridgehead atoms. The van der Waals surface area contributed by atoms with Gasteiger partial charge in [-0.05, 0) is 43.9 Å². The Bertz CT molecular complexity index is 476. The molecule has 2 aliphatic carbocycles. The third-order valence-electron chi connectivity index (χ3n) is 4.69. The van der Waals surface area contributed by atoms with Crippen molar-refractivity contribution in [3.8, 4) is 0 Å². The highest BCUT2D eigenvalue weighted by Crippen LogP contribution is 2.44. The minimum absolute atomic E-state index is 0.176. The lowest BCUT2D eigenvalue weighted by atomic mass is 9.77. The van der Waals surface area contributed by atoms with Crippen molar-refractivity contribution >= 4 is 16.5 Å². The van der Waals surface area contributed by atoms with E-state index in [4.69, 9.17) is 10.7 Å². The van der Waals surface area contributed by atoms with Crippen molar-refractivity contribution in [1.29, 1.82) is 0 Å². The molecule has 1 aromatic rings. The summed E-state index contributed by atoms with van der Waals surface area (Å²) in [4.78, 5) is 8.58. The lowest BCUT2D eigenvalue weighted by Gasteiger charge is -2.32. The monoisotopic (exact) mass is 279 g/mol. The van der Waals surface area contributed by atoms with Gasteiger partial charge < -0.3 is 10.6 Å². The normalized spacial score (nSPS) is 26.9. The van der Waals surface area contributed by atoms with Crippen LogP contribution in [-0.4, -0.2) is 18.1 Å². The summed E-state index contributed by atoms with van der Waals surface area (Å²) in [6.45, 7) is 6.92. The lowest BCUT2D eigenvalue weighted by Crippen LogP contribution is -2.30. The van der Waals surface area contributed by atoms with Crippen LogP contribution in [0.1, 0.15) is 56.6 Å². The van der Waals surface area contributed by atoms with Crippen molar-refractivity contribution in [2.75, 3.05) is 11.9 Å². The largest absolute Gasteiger partial charge is 0.348 e. The Kier molecular flexibility index (Phi) is 3.13. The number of rotatable bonds is 3. The number of thiazole rings is 1. The van der Waals surface area contributed by atoms with Crippen LogP contribution >= 0.6 is 11.3 Å². The Balaban J connectivity index is 1.85. The minimum Gasteiger partial charge on any atom is -0.348 e. The Morgan fingerprint density at radius 1 is 1.42 bits per heavy atom. The predicted octanol–water partition coefficient (Wildman–Crippen LogP) is 3.35.